The molecule has 0 bridgehead atoms. The van der Waals surface area contributed by atoms with Crippen molar-refractivity contribution in [1.82, 2.24) is 14.8 Å². The molecule has 0 spiro atoms. The maximum Gasteiger partial charge on any atom is 0.254 e. The standard InChI is InChI=1S/C18H19N3O5S/c1-10(2)13-8-14(16(24)9-15(13)23)17-19-20-18(27(3,25)26)21(17)11-4-6-12(22)7-5-11/h4-10,22-24H,1-3H3. The molecule has 1 aromatic heterocycles. The predicted molar refractivity (Wildman–Crippen MR) is 99.0 cm³/mol. The Kier molecular flexibility index (Phi) is 4.56. The molecule has 3 rings (SSSR count). The molecule has 3 N–H and O–H groups in total. The first-order valence-electron chi connectivity index (χ1n) is 8.10. The highest BCUT2D eigenvalue weighted by Crippen LogP contribution is 2.38. The highest BCUT2D eigenvalue weighted by Gasteiger charge is 2.25. The summed E-state index contributed by atoms with van der Waals surface area (Å²) >= 11 is 0. The lowest BCUT2D eigenvalue weighted by Gasteiger charge is -2.14. The van der Waals surface area contributed by atoms with Gasteiger partial charge in [0.1, 0.15) is 17.2 Å². The maximum atomic E-state index is 12.2. The van der Waals surface area contributed by atoms with Gasteiger partial charge in [-0.1, -0.05) is 13.8 Å². The fraction of sp³-hybridized carbons (Fsp3) is 0.222. The number of phenolic OH excluding ortho intramolecular Hbond substituents is 3. The quantitative estimate of drug-likeness (QED) is 0.626. The molecule has 0 unspecified atom stereocenters. The second-order valence-corrected chi connectivity index (χ2v) is 8.42. The Bertz CT molecular complexity index is 1100. The second kappa shape index (κ2) is 6.58. The van der Waals surface area contributed by atoms with Crippen molar-refractivity contribution in [3.8, 4) is 34.3 Å². The first-order valence-corrected chi connectivity index (χ1v) is 10.00. The van der Waals surface area contributed by atoms with Crippen LogP contribution >= 0.6 is 0 Å². The summed E-state index contributed by atoms with van der Waals surface area (Å²) in [7, 11) is -3.73. The monoisotopic (exact) mass is 389 g/mol. The van der Waals surface area contributed by atoms with E-state index >= 15 is 0 Å². The van der Waals surface area contributed by atoms with E-state index in [-0.39, 0.29) is 39.7 Å². The highest BCUT2D eigenvalue weighted by atomic mass is 32.2. The normalized spacial score (nSPS) is 11.9. The van der Waals surface area contributed by atoms with E-state index in [1.165, 1.54) is 34.9 Å². The van der Waals surface area contributed by atoms with E-state index in [1.54, 1.807) is 6.07 Å². The number of sulfone groups is 1. The van der Waals surface area contributed by atoms with Gasteiger partial charge in [0.05, 0.1) is 11.3 Å². The number of rotatable bonds is 4. The van der Waals surface area contributed by atoms with Gasteiger partial charge >= 0.3 is 0 Å². The van der Waals surface area contributed by atoms with E-state index in [1.807, 2.05) is 13.8 Å². The van der Waals surface area contributed by atoms with Crippen molar-refractivity contribution in [2.45, 2.75) is 24.9 Å². The molecule has 0 aliphatic heterocycles. The van der Waals surface area contributed by atoms with E-state index < -0.39 is 9.84 Å². The summed E-state index contributed by atoms with van der Waals surface area (Å²) in [6.07, 6.45) is 1.01. The Balaban J connectivity index is 2.34. The number of hydrogen-bond donors (Lipinski definition) is 3. The van der Waals surface area contributed by atoms with Gasteiger partial charge in [-0.2, -0.15) is 0 Å². The third-order valence-electron chi connectivity index (χ3n) is 4.08. The molecule has 3 aromatic rings. The van der Waals surface area contributed by atoms with Crippen LogP contribution in [0, 0.1) is 0 Å². The maximum absolute atomic E-state index is 12.2. The zero-order valence-corrected chi connectivity index (χ0v) is 15.8. The van der Waals surface area contributed by atoms with Crippen LogP contribution in [0.1, 0.15) is 25.3 Å². The zero-order chi connectivity index (χ0) is 19.9. The van der Waals surface area contributed by atoms with Crippen molar-refractivity contribution in [3.05, 3.63) is 42.0 Å². The van der Waals surface area contributed by atoms with Crippen molar-refractivity contribution >= 4 is 9.84 Å². The Labute approximate surface area is 156 Å². The molecule has 0 saturated carbocycles. The van der Waals surface area contributed by atoms with Crippen LogP contribution in [0.4, 0.5) is 0 Å². The number of phenols is 3. The predicted octanol–water partition coefficient (Wildman–Crippen LogP) is 2.58. The Morgan fingerprint density at radius 2 is 1.59 bits per heavy atom. The van der Waals surface area contributed by atoms with Crippen molar-refractivity contribution in [2.24, 2.45) is 0 Å². The zero-order valence-electron chi connectivity index (χ0n) is 14.9. The largest absolute Gasteiger partial charge is 0.508 e. The van der Waals surface area contributed by atoms with Gasteiger partial charge in [-0.3, -0.25) is 4.57 Å². The lowest BCUT2D eigenvalue weighted by atomic mass is 9.98. The second-order valence-electron chi connectivity index (χ2n) is 6.51. The van der Waals surface area contributed by atoms with Gasteiger partial charge in [0.15, 0.2) is 5.82 Å². The topological polar surface area (TPSA) is 126 Å². The molecule has 142 valence electrons. The summed E-state index contributed by atoms with van der Waals surface area (Å²) in [5, 5.41) is 37.4. The van der Waals surface area contributed by atoms with E-state index in [4.69, 9.17) is 0 Å². The van der Waals surface area contributed by atoms with Crippen LogP contribution < -0.4 is 0 Å². The Morgan fingerprint density at radius 3 is 2.15 bits per heavy atom. The summed E-state index contributed by atoms with van der Waals surface area (Å²) in [6.45, 7) is 3.75. The molecule has 0 radical (unpaired) electrons. The van der Waals surface area contributed by atoms with Crippen molar-refractivity contribution in [1.29, 1.82) is 0 Å². The average molecular weight is 389 g/mol. The van der Waals surface area contributed by atoms with Crippen molar-refractivity contribution in [3.63, 3.8) is 0 Å². The van der Waals surface area contributed by atoms with Gasteiger partial charge < -0.3 is 15.3 Å². The van der Waals surface area contributed by atoms with Crippen LogP contribution in [-0.4, -0.2) is 44.8 Å². The van der Waals surface area contributed by atoms with Crippen LogP contribution in [0.15, 0.2) is 41.6 Å². The summed E-state index contributed by atoms with van der Waals surface area (Å²) in [4.78, 5) is 0. The summed E-state index contributed by atoms with van der Waals surface area (Å²) < 4.78 is 25.6. The van der Waals surface area contributed by atoms with Crippen LogP contribution in [0.5, 0.6) is 17.2 Å². The third-order valence-corrected chi connectivity index (χ3v) is 5.01. The van der Waals surface area contributed by atoms with Crippen LogP contribution in [0.3, 0.4) is 0 Å². The Hall–Kier alpha value is -3.07. The van der Waals surface area contributed by atoms with Gasteiger partial charge in [0, 0.05) is 12.3 Å². The van der Waals surface area contributed by atoms with Gasteiger partial charge in [-0.15, -0.1) is 10.2 Å². The third kappa shape index (κ3) is 3.45. The molecule has 2 aromatic carbocycles. The molecule has 0 fully saturated rings. The molecule has 0 aliphatic rings. The van der Waals surface area contributed by atoms with E-state index in [0.29, 0.717) is 11.3 Å². The van der Waals surface area contributed by atoms with Crippen molar-refractivity contribution in [2.75, 3.05) is 6.26 Å². The van der Waals surface area contributed by atoms with Gasteiger partial charge in [0.25, 0.3) is 5.16 Å². The molecule has 0 amide bonds. The van der Waals surface area contributed by atoms with Gasteiger partial charge in [-0.05, 0) is 41.8 Å². The number of nitrogens with zero attached hydrogens (tertiary/aromatic N) is 3. The highest BCUT2D eigenvalue weighted by molar-refractivity contribution is 7.90. The SMILES string of the molecule is CC(C)c1cc(-c2nnc(S(C)(=O)=O)n2-c2ccc(O)cc2)c(O)cc1O. The smallest absolute Gasteiger partial charge is 0.254 e. The van der Waals surface area contributed by atoms with Crippen LogP contribution in [0.2, 0.25) is 0 Å². The fourth-order valence-electron chi connectivity index (χ4n) is 2.75. The fourth-order valence-corrected chi connectivity index (χ4v) is 3.47. The number of benzene rings is 2. The number of hydrogen-bond acceptors (Lipinski definition) is 7. The molecule has 0 saturated heterocycles. The molecule has 0 atom stereocenters. The van der Waals surface area contributed by atoms with Crippen LogP contribution in [-0.2, 0) is 9.84 Å². The van der Waals surface area contributed by atoms with Crippen molar-refractivity contribution < 1.29 is 23.7 Å². The minimum atomic E-state index is -3.73. The van der Waals surface area contributed by atoms with E-state index in [9.17, 15) is 23.7 Å². The average Bonchev–Trinajstić information content (AvgIpc) is 3.00. The summed E-state index contributed by atoms with van der Waals surface area (Å²) in [5.74, 6) is -0.247. The van der Waals surface area contributed by atoms with Gasteiger partial charge in [0.2, 0.25) is 9.84 Å². The molecular formula is C18H19N3O5S. The lowest BCUT2D eigenvalue weighted by Crippen LogP contribution is -2.09. The summed E-state index contributed by atoms with van der Waals surface area (Å²) in [5.41, 5.74) is 1.20. The molecule has 1 heterocycles. The molecule has 9 heteroatoms. The molecule has 0 aliphatic carbocycles. The number of aromatic nitrogens is 3. The van der Waals surface area contributed by atoms with E-state index in [2.05, 4.69) is 10.2 Å². The van der Waals surface area contributed by atoms with Gasteiger partial charge in [-0.25, -0.2) is 8.42 Å². The number of aromatic hydroxyl groups is 3. The Morgan fingerprint density at radius 1 is 0.963 bits per heavy atom. The molecule has 27 heavy (non-hydrogen) atoms. The van der Waals surface area contributed by atoms with Crippen LogP contribution in [0.25, 0.3) is 17.1 Å². The first kappa shape index (κ1) is 18.7. The minimum Gasteiger partial charge on any atom is -0.508 e. The molecule has 8 nitrogen and oxygen atoms in total. The first-order chi connectivity index (χ1) is 12.6. The van der Waals surface area contributed by atoms with E-state index in [0.717, 1.165) is 6.26 Å². The minimum absolute atomic E-state index is 0.0175. The molecular weight excluding hydrogens is 370 g/mol. The lowest BCUT2D eigenvalue weighted by molar-refractivity contribution is 0.444. The summed E-state index contributed by atoms with van der Waals surface area (Å²) in [6, 6.07) is 8.58.